The molecule has 1 fully saturated rings. The average molecular weight is 270 g/mol. The SMILES string of the molecule is CCCCN(CCCC)C(=O)CN1CCC[C@H]1CO. The minimum absolute atomic E-state index is 0.178. The summed E-state index contributed by atoms with van der Waals surface area (Å²) in [5, 5.41) is 9.30. The second-order valence-electron chi connectivity index (χ2n) is 5.54. The van der Waals surface area contributed by atoms with Crippen molar-refractivity contribution in [2.75, 3.05) is 32.8 Å². The van der Waals surface area contributed by atoms with E-state index in [9.17, 15) is 9.90 Å². The van der Waals surface area contributed by atoms with Crippen molar-refractivity contribution in [3.05, 3.63) is 0 Å². The van der Waals surface area contributed by atoms with Crippen molar-refractivity contribution in [1.82, 2.24) is 9.80 Å². The molecule has 0 unspecified atom stereocenters. The Kier molecular flexibility index (Phi) is 8.07. The predicted octanol–water partition coefficient (Wildman–Crippen LogP) is 1.87. The van der Waals surface area contributed by atoms with E-state index >= 15 is 0 Å². The van der Waals surface area contributed by atoms with Gasteiger partial charge in [-0.3, -0.25) is 9.69 Å². The van der Waals surface area contributed by atoms with E-state index in [-0.39, 0.29) is 18.6 Å². The summed E-state index contributed by atoms with van der Waals surface area (Å²) in [5.41, 5.74) is 0. The minimum Gasteiger partial charge on any atom is -0.395 e. The van der Waals surface area contributed by atoms with Crippen LogP contribution >= 0.6 is 0 Å². The van der Waals surface area contributed by atoms with Crippen molar-refractivity contribution in [1.29, 1.82) is 0 Å². The molecule has 0 aliphatic carbocycles. The lowest BCUT2D eigenvalue weighted by Gasteiger charge is -2.27. The molecule has 1 amide bonds. The van der Waals surface area contributed by atoms with Gasteiger partial charge in [-0.25, -0.2) is 0 Å². The van der Waals surface area contributed by atoms with Crippen molar-refractivity contribution in [3.63, 3.8) is 0 Å². The maximum atomic E-state index is 12.4. The maximum absolute atomic E-state index is 12.4. The van der Waals surface area contributed by atoms with E-state index in [1.54, 1.807) is 0 Å². The molecule has 1 saturated heterocycles. The van der Waals surface area contributed by atoms with Gasteiger partial charge < -0.3 is 10.0 Å². The van der Waals surface area contributed by atoms with Crippen LogP contribution in [0.1, 0.15) is 52.4 Å². The lowest BCUT2D eigenvalue weighted by molar-refractivity contribution is -0.133. The molecule has 0 aromatic heterocycles. The quantitative estimate of drug-likeness (QED) is 0.695. The van der Waals surface area contributed by atoms with Gasteiger partial charge in [-0.2, -0.15) is 0 Å². The molecule has 19 heavy (non-hydrogen) atoms. The minimum atomic E-state index is 0.178. The zero-order chi connectivity index (χ0) is 14.1. The topological polar surface area (TPSA) is 43.8 Å². The van der Waals surface area contributed by atoms with Gasteiger partial charge in [0.25, 0.3) is 0 Å². The number of hydrogen-bond donors (Lipinski definition) is 1. The number of rotatable bonds is 9. The van der Waals surface area contributed by atoms with Gasteiger partial charge in [0.05, 0.1) is 13.2 Å². The first-order chi connectivity index (χ1) is 9.22. The van der Waals surface area contributed by atoms with Crippen LogP contribution in [0.4, 0.5) is 0 Å². The Labute approximate surface area is 117 Å². The highest BCUT2D eigenvalue weighted by Crippen LogP contribution is 2.16. The Morgan fingerprint density at radius 1 is 1.26 bits per heavy atom. The highest BCUT2D eigenvalue weighted by molar-refractivity contribution is 5.78. The summed E-state index contributed by atoms with van der Waals surface area (Å²) in [5.74, 6) is 0.238. The van der Waals surface area contributed by atoms with Crippen molar-refractivity contribution in [2.45, 2.75) is 58.4 Å². The summed E-state index contributed by atoms with van der Waals surface area (Å²) in [6.07, 6.45) is 6.53. The largest absolute Gasteiger partial charge is 0.395 e. The first kappa shape index (κ1) is 16.4. The van der Waals surface area contributed by atoms with Gasteiger partial charge >= 0.3 is 0 Å². The van der Waals surface area contributed by atoms with Crippen LogP contribution in [-0.2, 0) is 4.79 Å². The van der Waals surface area contributed by atoms with E-state index in [1.165, 1.54) is 0 Å². The second-order valence-corrected chi connectivity index (χ2v) is 5.54. The standard InChI is InChI=1S/C15H30N2O2/c1-3-5-9-16(10-6-4-2)15(19)12-17-11-7-8-14(17)13-18/h14,18H,3-13H2,1-2H3/t14-/m0/s1. The average Bonchev–Trinajstić information content (AvgIpc) is 2.86. The number of hydrogen-bond acceptors (Lipinski definition) is 3. The number of unbranched alkanes of at least 4 members (excludes halogenated alkanes) is 2. The van der Waals surface area contributed by atoms with Crippen LogP contribution in [0.25, 0.3) is 0 Å². The van der Waals surface area contributed by atoms with Crippen LogP contribution < -0.4 is 0 Å². The zero-order valence-corrected chi connectivity index (χ0v) is 12.6. The summed E-state index contributed by atoms with van der Waals surface area (Å²) in [4.78, 5) is 16.5. The monoisotopic (exact) mass is 270 g/mol. The van der Waals surface area contributed by atoms with Crippen molar-refractivity contribution in [2.24, 2.45) is 0 Å². The Bertz CT molecular complexity index is 251. The number of likely N-dealkylation sites (tertiary alicyclic amines) is 1. The Morgan fingerprint density at radius 3 is 2.42 bits per heavy atom. The number of aliphatic hydroxyl groups excluding tert-OH is 1. The van der Waals surface area contributed by atoms with Crippen LogP contribution in [0, 0.1) is 0 Å². The molecule has 1 N–H and O–H groups in total. The molecule has 1 atom stereocenters. The Morgan fingerprint density at radius 2 is 1.89 bits per heavy atom. The molecule has 1 rings (SSSR count). The molecule has 0 bridgehead atoms. The van der Waals surface area contributed by atoms with Crippen LogP contribution in [0.15, 0.2) is 0 Å². The summed E-state index contributed by atoms with van der Waals surface area (Å²) in [6.45, 7) is 7.69. The molecular weight excluding hydrogens is 240 g/mol. The number of amides is 1. The molecule has 0 saturated carbocycles. The third-order valence-corrected chi connectivity index (χ3v) is 3.96. The first-order valence-electron chi connectivity index (χ1n) is 7.85. The number of carbonyl (C=O) groups excluding carboxylic acids is 1. The molecular formula is C15H30N2O2. The van der Waals surface area contributed by atoms with E-state index in [0.717, 1.165) is 58.2 Å². The highest BCUT2D eigenvalue weighted by Gasteiger charge is 2.26. The lowest BCUT2D eigenvalue weighted by atomic mass is 10.2. The first-order valence-corrected chi connectivity index (χ1v) is 7.85. The van der Waals surface area contributed by atoms with E-state index in [0.29, 0.717) is 6.54 Å². The maximum Gasteiger partial charge on any atom is 0.236 e. The van der Waals surface area contributed by atoms with Crippen LogP contribution in [0.2, 0.25) is 0 Å². The highest BCUT2D eigenvalue weighted by atomic mass is 16.3. The molecule has 4 heteroatoms. The van der Waals surface area contributed by atoms with E-state index in [4.69, 9.17) is 0 Å². The molecule has 1 heterocycles. The van der Waals surface area contributed by atoms with Gasteiger partial charge in [0.15, 0.2) is 0 Å². The van der Waals surface area contributed by atoms with Gasteiger partial charge in [0, 0.05) is 19.1 Å². The smallest absolute Gasteiger partial charge is 0.236 e. The third-order valence-electron chi connectivity index (χ3n) is 3.96. The molecule has 1 aliphatic rings. The van der Waals surface area contributed by atoms with Gasteiger partial charge in [-0.15, -0.1) is 0 Å². The fourth-order valence-electron chi connectivity index (χ4n) is 2.64. The number of aliphatic hydroxyl groups is 1. The zero-order valence-electron chi connectivity index (χ0n) is 12.6. The predicted molar refractivity (Wildman–Crippen MR) is 78.1 cm³/mol. The normalized spacial score (nSPS) is 19.8. The van der Waals surface area contributed by atoms with Gasteiger partial charge in [-0.05, 0) is 32.2 Å². The van der Waals surface area contributed by atoms with Crippen LogP contribution in [0.3, 0.4) is 0 Å². The Balaban J connectivity index is 2.45. The van der Waals surface area contributed by atoms with Gasteiger partial charge in [-0.1, -0.05) is 26.7 Å². The van der Waals surface area contributed by atoms with E-state index < -0.39 is 0 Å². The van der Waals surface area contributed by atoms with E-state index in [2.05, 4.69) is 18.7 Å². The number of nitrogens with zero attached hydrogens (tertiary/aromatic N) is 2. The van der Waals surface area contributed by atoms with Gasteiger partial charge in [0.2, 0.25) is 5.91 Å². The lowest BCUT2D eigenvalue weighted by Crippen LogP contribution is -2.43. The van der Waals surface area contributed by atoms with E-state index in [1.807, 2.05) is 4.90 Å². The molecule has 112 valence electrons. The fraction of sp³-hybridized carbons (Fsp3) is 0.933. The second kappa shape index (κ2) is 9.32. The summed E-state index contributed by atoms with van der Waals surface area (Å²) in [6, 6.07) is 0.197. The number of carbonyl (C=O) groups is 1. The Hall–Kier alpha value is -0.610. The molecule has 0 radical (unpaired) electrons. The molecule has 0 aromatic carbocycles. The van der Waals surface area contributed by atoms with Crippen molar-refractivity contribution < 1.29 is 9.90 Å². The summed E-state index contributed by atoms with van der Waals surface area (Å²) >= 11 is 0. The summed E-state index contributed by atoms with van der Waals surface area (Å²) < 4.78 is 0. The summed E-state index contributed by atoms with van der Waals surface area (Å²) in [7, 11) is 0. The molecule has 0 aromatic rings. The molecule has 0 spiro atoms. The molecule has 1 aliphatic heterocycles. The fourth-order valence-corrected chi connectivity index (χ4v) is 2.64. The van der Waals surface area contributed by atoms with Crippen molar-refractivity contribution >= 4 is 5.91 Å². The third kappa shape index (κ3) is 5.49. The van der Waals surface area contributed by atoms with Crippen LogP contribution in [0.5, 0.6) is 0 Å². The molecule has 4 nitrogen and oxygen atoms in total. The van der Waals surface area contributed by atoms with Crippen molar-refractivity contribution in [3.8, 4) is 0 Å². The van der Waals surface area contributed by atoms with Gasteiger partial charge in [0.1, 0.15) is 0 Å². The van der Waals surface area contributed by atoms with Crippen LogP contribution in [-0.4, -0.2) is 59.6 Å².